The quantitative estimate of drug-likeness (QED) is 0.817. The van der Waals surface area contributed by atoms with Gasteiger partial charge in [-0.05, 0) is 58.6 Å². The lowest BCUT2D eigenvalue weighted by molar-refractivity contribution is -0.116. The first-order valence-corrected chi connectivity index (χ1v) is 7.35. The average molecular weight is 351 g/mol. The molecule has 0 atom stereocenters. The molecule has 21 heavy (non-hydrogen) atoms. The molecule has 0 saturated carbocycles. The predicted octanol–water partition coefficient (Wildman–Crippen LogP) is 4.05. The Kier molecular flexibility index (Phi) is 4.96. The van der Waals surface area contributed by atoms with Crippen molar-refractivity contribution in [3.05, 3.63) is 57.8 Å². The molecule has 0 aliphatic carbocycles. The Morgan fingerprint density at radius 2 is 2.05 bits per heavy atom. The van der Waals surface area contributed by atoms with Crippen LogP contribution in [0.2, 0.25) is 0 Å². The fourth-order valence-corrected chi connectivity index (χ4v) is 2.46. The van der Waals surface area contributed by atoms with Crippen LogP contribution in [0, 0.1) is 12.7 Å². The standard InChI is InChI=1S/C16H16BrFN2O/c1-10-8-12(17)13(18)9-15(10)20-16(21)7-6-11-4-2-3-5-14(11)19/h2-5,8-9H,6-7,19H2,1H3,(H,20,21). The van der Waals surface area contributed by atoms with E-state index in [0.717, 1.165) is 11.1 Å². The van der Waals surface area contributed by atoms with Gasteiger partial charge in [0.2, 0.25) is 5.91 Å². The molecule has 0 bridgehead atoms. The molecule has 1 amide bonds. The molecule has 0 radical (unpaired) electrons. The van der Waals surface area contributed by atoms with Crippen LogP contribution in [0.5, 0.6) is 0 Å². The number of hydrogen-bond acceptors (Lipinski definition) is 2. The summed E-state index contributed by atoms with van der Waals surface area (Å²) < 4.78 is 13.9. The van der Waals surface area contributed by atoms with Gasteiger partial charge >= 0.3 is 0 Å². The molecule has 0 spiro atoms. The minimum Gasteiger partial charge on any atom is -0.399 e. The van der Waals surface area contributed by atoms with Crippen molar-refractivity contribution in [1.29, 1.82) is 0 Å². The normalized spacial score (nSPS) is 10.4. The molecule has 2 aromatic carbocycles. The van der Waals surface area contributed by atoms with Gasteiger partial charge in [-0.15, -0.1) is 0 Å². The topological polar surface area (TPSA) is 55.1 Å². The van der Waals surface area contributed by atoms with E-state index < -0.39 is 5.82 Å². The van der Waals surface area contributed by atoms with E-state index in [2.05, 4.69) is 21.2 Å². The number of anilines is 2. The predicted molar refractivity (Wildman–Crippen MR) is 86.6 cm³/mol. The van der Waals surface area contributed by atoms with E-state index in [-0.39, 0.29) is 5.91 Å². The molecule has 0 saturated heterocycles. The summed E-state index contributed by atoms with van der Waals surface area (Å²) in [6, 6.07) is 10.4. The van der Waals surface area contributed by atoms with Crippen LogP contribution < -0.4 is 11.1 Å². The molecule has 3 nitrogen and oxygen atoms in total. The maximum atomic E-state index is 13.5. The summed E-state index contributed by atoms with van der Waals surface area (Å²) in [6.07, 6.45) is 0.849. The highest BCUT2D eigenvalue weighted by Gasteiger charge is 2.09. The van der Waals surface area contributed by atoms with Crippen LogP contribution in [0.25, 0.3) is 0 Å². The number of rotatable bonds is 4. The zero-order valence-corrected chi connectivity index (χ0v) is 13.2. The first kappa shape index (κ1) is 15.5. The molecular formula is C16H16BrFN2O. The van der Waals surface area contributed by atoms with Gasteiger partial charge in [0.15, 0.2) is 0 Å². The summed E-state index contributed by atoms with van der Waals surface area (Å²) in [5, 5.41) is 2.73. The molecule has 110 valence electrons. The minimum absolute atomic E-state index is 0.164. The summed E-state index contributed by atoms with van der Waals surface area (Å²) in [4.78, 5) is 12.0. The van der Waals surface area contributed by atoms with Crippen LogP contribution in [-0.2, 0) is 11.2 Å². The number of hydrogen-bond donors (Lipinski definition) is 2. The van der Waals surface area contributed by atoms with Gasteiger partial charge in [-0.2, -0.15) is 0 Å². The van der Waals surface area contributed by atoms with E-state index in [4.69, 9.17) is 5.73 Å². The molecule has 0 aliphatic heterocycles. The third-order valence-corrected chi connectivity index (χ3v) is 3.83. The van der Waals surface area contributed by atoms with Crippen molar-refractivity contribution in [2.75, 3.05) is 11.1 Å². The van der Waals surface area contributed by atoms with Crippen molar-refractivity contribution in [2.45, 2.75) is 19.8 Å². The van der Waals surface area contributed by atoms with E-state index in [1.54, 1.807) is 6.07 Å². The van der Waals surface area contributed by atoms with E-state index in [1.165, 1.54) is 6.07 Å². The lowest BCUT2D eigenvalue weighted by Crippen LogP contribution is -2.13. The summed E-state index contributed by atoms with van der Waals surface area (Å²) >= 11 is 3.11. The maximum Gasteiger partial charge on any atom is 0.224 e. The zero-order chi connectivity index (χ0) is 15.4. The number of benzene rings is 2. The fraction of sp³-hybridized carbons (Fsp3) is 0.188. The number of nitrogens with two attached hydrogens (primary N) is 1. The van der Waals surface area contributed by atoms with E-state index in [9.17, 15) is 9.18 Å². The number of halogens is 2. The van der Waals surface area contributed by atoms with Crippen LogP contribution in [0.3, 0.4) is 0 Å². The van der Waals surface area contributed by atoms with Gasteiger partial charge in [0.05, 0.1) is 4.47 Å². The Bertz CT molecular complexity index is 673. The molecule has 5 heteroatoms. The highest BCUT2D eigenvalue weighted by atomic mass is 79.9. The highest BCUT2D eigenvalue weighted by molar-refractivity contribution is 9.10. The first-order valence-electron chi connectivity index (χ1n) is 6.56. The monoisotopic (exact) mass is 350 g/mol. The molecule has 0 aromatic heterocycles. The van der Waals surface area contributed by atoms with Gasteiger partial charge < -0.3 is 11.1 Å². The summed E-state index contributed by atoms with van der Waals surface area (Å²) in [7, 11) is 0. The first-order chi connectivity index (χ1) is 9.97. The van der Waals surface area contributed by atoms with Crippen molar-refractivity contribution in [1.82, 2.24) is 0 Å². The van der Waals surface area contributed by atoms with Crippen molar-refractivity contribution < 1.29 is 9.18 Å². The van der Waals surface area contributed by atoms with E-state index in [0.29, 0.717) is 28.7 Å². The van der Waals surface area contributed by atoms with Gasteiger partial charge in [-0.1, -0.05) is 18.2 Å². The highest BCUT2D eigenvalue weighted by Crippen LogP contribution is 2.24. The van der Waals surface area contributed by atoms with Crippen molar-refractivity contribution in [3.63, 3.8) is 0 Å². The minimum atomic E-state index is -0.400. The Hall–Kier alpha value is -1.88. The zero-order valence-electron chi connectivity index (χ0n) is 11.6. The number of nitrogens with one attached hydrogen (secondary N) is 1. The Morgan fingerprint density at radius 3 is 2.76 bits per heavy atom. The second-order valence-electron chi connectivity index (χ2n) is 4.83. The number of amides is 1. The molecule has 2 rings (SSSR count). The number of nitrogen functional groups attached to an aromatic ring is 1. The largest absolute Gasteiger partial charge is 0.399 e. The molecule has 0 unspecified atom stereocenters. The van der Waals surface area contributed by atoms with Crippen LogP contribution in [0.4, 0.5) is 15.8 Å². The van der Waals surface area contributed by atoms with Crippen LogP contribution in [-0.4, -0.2) is 5.91 Å². The fourth-order valence-electron chi connectivity index (χ4n) is 2.00. The molecule has 3 N–H and O–H groups in total. The second kappa shape index (κ2) is 6.72. The third kappa shape index (κ3) is 4.04. The molecule has 0 heterocycles. The van der Waals surface area contributed by atoms with E-state index in [1.807, 2.05) is 31.2 Å². The molecule has 0 aliphatic rings. The van der Waals surface area contributed by atoms with Gasteiger partial charge in [0, 0.05) is 17.8 Å². The molecule has 2 aromatic rings. The van der Waals surface area contributed by atoms with Gasteiger partial charge in [0.1, 0.15) is 5.82 Å². The Balaban J connectivity index is 1.99. The second-order valence-corrected chi connectivity index (χ2v) is 5.68. The van der Waals surface area contributed by atoms with Crippen LogP contribution in [0.1, 0.15) is 17.5 Å². The van der Waals surface area contributed by atoms with Crippen LogP contribution >= 0.6 is 15.9 Å². The van der Waals surface area contributed by atoms with Crippen molar-refractivity contribution >= 4 is 33.2 Å². The lowest BCUT2D eigenvalue weighted by atomic mass is 10.1. The van der Waals surface area contributed by atoms with Gasteiger partial charge in [-0.3, -0.25) is 4.79 Å². The number of para-hydroxylation sites is 1. The summed E-state index contributed by atoms with van der Waals surface area (Å²) in [6.45, 7) is 1.81. The average Bonchev–Trinajstić information content (AvgIpc) is 2.44. The smallest absolute Gasteiger partial charge is 0.224 e. The van der Waals surface area contributed by atoms with Gasteiger partial charge in [0.25, 0.3) is 0 Å². The molecule has 0 fully saturated rings. The van der Waals surface area contributed by atoms with Gasteiger partial charge in [-0.25, -0.2) is 4.39 Å². The number of carbonyl (C=O) groups excluding carboxylic acids is 1. The lowest BCUT2D eigenvalue weighted by Gasteiger charge is -2.10. The number of aryl methyl sites for hydroxylation is 2. The van der Waals surface area contributed by atoms with Crippen molar-refractivity contribution in [2.24, 2.45) is 0 Å². The maximum absolute atomic E-state index is 13.5. The summed E-state index contributed by atoms with van der Waals surface area (Å²) in [5.41, 5.74) is 8.74. The van der Waals surface area contributed by atoms with Crippen LogP contribution in [0.15, 0.2) is 40.9 Å². The van der Waals surface area contributed by atoms with E-state index >= 15 is 0 Å². The summed E-state index contributed by atoms with van der Waals surface area (Å²) in [5.74, 6) is -0.564. The Morgan fingerprint density at radius 1 is 1.33 bits per heavy atom. The number of carbonyl (C=O) groups is 1. The van der Waals surface area contributed by atoms with Crippen molar-refractivity contribution in [3.8, 4) is 0 Å². The SMILES string of the molecule is Cc1cc(Br)c(F)cc1NC(=O)CCc1ccccc1N. The Labute approximate surface area is 131 Å². The third-order valence-electron chi connectivity index (χ3n) is 3.22. The molecular weight excluding hydrogens is 335 g/mol.